The van der Waals surface area contributed by atoms with Crippen molar-refractivity contribution in [1.82, 2.24) is 9.55 Å². The van der Waals surface area contributed by atoms with Crippen molar-refractivity contribution in [2.24, 2.45) is 0 Å². The molecule has 1 heterocycles. The highest BCUT2D eigenvalue weighted by Gasteiger charge is 2.04. The predicted molar refractivity (Wildman–Crippen MR) is 62.0 cm³/mol. The summed E-state index contributed by atoms with van der Waals surface area (Å²) in [4.78, 5) is 3.98. The Labute approximate surface area is 95.0 Å². The third-order valence-corrected chi connectivity index (χ3v) is 2.66. The van der Waals surface area contributed by atoms with Crippen LogP contribution in [0.2, 0.25) is 0 Å². The van der Waals surface area contributed by atoms with Crippen molar-refractivity contribution in [2.75, 3.05) is 0 Å². The highest BCUT2D eigenvalue weighted by Crippen LogP contribution is 2.13. The van der Waals surface area contributed by atoms with Gasteiger partial charge >= 0.3 is 0 Å². The first-order valence-corrected chi connectivity index (χ1v) is 5.18. The number of hydrogen-bond donors (Lipinski definition) is 0. The SMILES string of the molecule is Cc1ccc(C)c(Cn2ccnc2C#N)c1. The molecule has 0 amide bonds. The smallest absolute Gasteiger partial charge is 0.213 e. The maximum absolute atomic E-state index is 8.88. The number of benzene rings is 1. The molecule has 0 aliphatic rings. The van der Waals surface area contributed by atoms with Crippen molar-refractivity contribution in [3.05, 3.63) is 53.1 Å². The molecule has 0 N–H and O–H groups in total. The lowest BCUT2D eigenvalue weighted by Gasteiger charge is -2.08. The van der Waals surface area contributed by atoms with Crippen molar-refractivity contribution < 1.29 is 0 Å². The molecule has 0 fully saturated rings. The van der Waals surface area contributed by atoms with E-state index in [1.165, 1.54) is 16.7 Å². The number of rotatable bonds is 2. The van der Waals surface area contributed by atoms with Crippen molar-refractivity contribution in [2.45, 2.75) is 20.4 Å². The van der Waals surface area contributed by atoms with Crippen molar-refractivity contribution in [3.63, 3.8) is 0 Å². The molecule has 0 atom stereocenters. The fourth-order valence-corrected chi connectivity index (χ4v) is 1.70. The van der Waals surface area contributed by atoms with E-state index in [9.17, 15) is 0 Å². The van der Waals surface area contributed by atoms with Gasteiger partial charge in [0.05, 0.1) is 6.54 Å². The monoisotopic (exact) mass is 211 g/mol. The van der Waals surface area contributed by atoms with Crippen LogP contribution in [0, 0.1) is 25.2 Å². The van der Waals surface area contributed by atoms with Crippen LogP contribution in [0.1, 0.15) is 22.5 Å². The van der Waals surface area contributed by atoms with Gasteiger partial charge < -0.3 is 4.57 Å². The zero-order valence-corrected chi connectivity index (χ0v) is 9.44. The summed E-state index contributed by atoms with van der Waals surface area (Å²) in [6.45, 7) is 4.86. The summed E-state index contributed by atoms with van der Waals surface area (Å²) in [5.74, 6) is 0.459. The number of nitrogens with zero attached hydrogens (tertiary/aromatic N) is 3. The first-order chi connectivity index (χ1) is 7.70. The molecule has 80 valence electrons. The molecule has 2 aromatic rings. The van der Waals surface area contributed by atoms with Gasteiger partial charge in [-0.05, 0) is 25.0 Å². The fourth-order valence-electron chi connectivity index (χ4n) is 1.70. The number of hydrogen-bond acceptors (Lipinski definition) is 2. The van der Waals surface area contributed by atoms with Crippen molar-refractivity contribution in [1.29, 1.82) is 5.26 Å². The highest BCUT2D eigenvalue weighted by molar-refractivity contribution is 5.31. The van der Waals surface area contributed by atoms with Crippen LogP contribution in [-0.2, 0) is 6.54 Å². The Kier molecular flexibility index (Phi) is 2.74. The molecule has 0 saturated carbocycles. The summed E-state index contributed by atoms with van der Waals surface area (Å²) in [5.41, 5.74) is 3.71. The van der Waals surface area contributed by atoms with Crippen LogP contribution < -0.4 is 0 Å². The minimum atomic E-state index is 0.459. The second kappa shape index (κ2) is 4.19. The number of nitriles is 1. The molecule has 1 aromatic heterocycles. The van der Waals surface area contributed by atoms with Crippen LogP contribution in [0.15, 0.2) is 30.6 Å². The second-order valence-corrected chi connectivity index (χ2v) is 3.92. The molecule has 3 nitrogen and oxygen atoms in total. The fraction of sp³-hybridized carbons (Fsp3) is 0.231. The van der Waals surface area contributed by atoms with Crippen molar-refractivity contribution >= 4 is 0 Å². The molecule has 1 aromatic carbocycles. The topological polar surface area (TPSA) is 41.6 Å². The molecule has 3 heteroatoms. The van der Waals surface area contributed by atoms with Crippen molar-refractivity contribution in [3.8, 4) is 6.07 Å². The van der Waals surface area contributed by atoms with E-state index in [1.807, 2.05) is 10.8 Å². The lowest BCUT2D eigenvalue weighted by molar-refractivity contribution is 0.777. The largest absolute Gasteiger partial charge is 0.318 e. The van der Waals surface area contributed by atoms with Gasteiger partial charge in [0, 0.05) is 12.4 Å². The van der Waals surface area contributed by atoms with E-state index < -0.39 is 0 Å². The third kappa shape index (κ3) is 1.96. The van der Waals surface area contributed by atoms with E-state index in [2.05, 4.69) is 43.1 Å². The molecule has 0 aliphatic heterocycles. The number of aromatic nitrogens is 2. The first-order valence-electron chi connectivity index (χ1n) is 5.18. The Morgan fingerprint density at radius 3 is 2.94 bits per heavy atom. The lowest BCUT2D eigenvalue weighted by Crippen LogP contribution is -2.03. The van der Waals surface area contributed by atoms with Gasteiger partial charge in [0.1, 0.15) is 6.07 Å². The van der Waals surface area contributed by atoms with Crippen LogP contribution in [0.4, 0.5) is 0 Å². The Morgan fingerprint density at radius 2 is 2.19 bits per heavy atom. The molecule has 2 rings (SSSR count). The number of imidazole rings is 1. The van der Waals surface area contributed by atoms with E-state index >= 15 is 0 Å². The summed E-state index contributed by atoms with van der Waals surface area (Å²) in [6, 6.07) is 8.43. The predicted octanol–water partition coefficient (Wildman–Crippen LogP) is 2.42. The number of aryl methyl sites for hydroxylation is 2. The van der Waals surface area contributed by atoms with E-state index in [0.29, 0.717) is 12.4 Å². The van der Waals surface area contributed by atoms with Crippen LogP contribution >= 0.6 is 0 Å². The Hall–Kier alpha value is -2.08. The van der Waals surface area contributed by atoms with Gasteiger partial charge in [-0.2, -0.15) is 5.26 Å². The average Bonchev–Trinajstić information content (AvgIpc) is 2.71. The maximum atomic E-state index is 8.88. The molecule has 16 heavy (non-hydrogen) atoms. The Balaban J connectivity index is 2.34. The van der Waals surface area contributed by atoms with Gasteiger partial charge in [-0.3, -0.25) is 0 Å². The van der Waals surface area contributed by atoms with Crippen LogP contribution in [0.3, 0.4) is 0 Å². The van der Waals surface area contributed by atoms with Gasteiger partial charge in [-0.15, -0.1) is 0 Å². The van der Waals surface area contributed by atoms with E-state index in [1.54, 1.807) is 6.20 Å². The summed E-state index contributed by atoms with van der Waals surface area (Å²) in [6.07, 6.45) is 3.49. The van der Waals surface area contributed by atoms with E-state index in [0.717, 1.165) is 0 Å². The third-order valence-electron chi connectivity index (χ3n) is 2.66. The molecule has 0 saturated heterocycles. The lowest BCUT2D eigenvalue weighted by atomic mass is 10.1. The van der Waals surface area contributed by atoms with Gasteiger partial charge in [0.15, 0.2) is 0 Å². The minimum absolute atomic E-state index is 0.459. The standard InChI is InChI=1S/C13H13N3/c1-10-3-4-11(2)12(7-10)9-16-6-5-15-13(16)8-14/h3-7H,9H2,1-2H3. The molecular weight excluding hydrogens is 198 g/mol. The van der Waals surface area contributed by atoms with Gasteiger partial charge in [-0.1, -0.05) is 23.8 Å². The molecule has 0 aliphatic carbocycles. The van der Waals surface area contributed by atoms with Gasteiger partial charge in [0.25, 0.3) is 0 Å². The second-order valence-electron chi connectivity index (χ2n) is 3.92. The average molecular weight is 211 g/mol. The van der Waals surface area contributed by atoms with Crippen LogP contribution in [0.5, 0.6) is 0 Å². The van der Waals surface area contributed by atoms with Crippen LogP contribution in [0.25, 0.3) is 0 Å². The summed E-state index contributed by atoms with van der Waals surface area (Å²) < 4.78 is 1.86. The first kappa shape index (κ1) is 10.4. The zero-order valence-electron chi connectivity index (χ0n) is 9.44. The molecular formula is C13H13N3. The van der Waals surface area contributed by atoms with Gasteiger partial charge in [0.2, 0.25) is 5.82 Å². The Morgan fingerprint density at radius 1 is 1.38 bits per heavy atom. The normalized spacial score (nSPS) is 10.1. The molecule has 0 unspecified atom stereocenters. The molecule has 0 radical (unpaired) electrons. The zero-order chi connectivity index (χ0) is 11.5. The van der Waals surface area contributed by atoms with Crippen LogP contribution in [-0.4, -0.2) is 9.55 Å². The summed E-state index contributed by atoms with van der Waals surface area (Å²) >= 11 is 0. The molecule has 0 spiro atoms. The highest BCUT2D eigenvalue weighted by atomic mass is 15.1. The summed E-state index contributed by atoms with van der Waals surface area (Å²) in [5, 5.41) is 8.88. The van der Waals surface area contributed by atoms with Gasteiger partial charge in [-0.25, -0.2) is 4.98 Å². The quantitative estimate of drug-likeness (QED) is 0.765. The minimum Gasteiger partial charge on any atom is -0.318 e. The van der Waals surface area contributed by atoms with E-state index in [-0.39, 0.29) is 0 Å². The molecule has 0 bridgehead atoms. The Bertz CT molecular complexity index is 547. The van der Waals surface area contributed by atoms with E-state index in [4.69, 9.17) is 5.26 Å². The maximum Gasteiger partial charge on any atom is 0.213 e. The summed E-state index contributed by atoms with van der Waals surface area (Å²) in [7, 11) is 0.